The number of allylic oxidation sites excluding steroid dienone is 3. The molecule has 4 atom stereocenters. The Morgan fingerprint density at radius 3 is 2.50 bits per heavy atom. The van der Waals surface area contributed by atoms with Crippen LogP contribution < -0.4 is 0 Å². The lowest BCUT2D eigenvalue weighted by atomic mass is 9.90. The average Bonchev–Trinajstić information content (AvgIpc) is 3.03. The number of unbranched alkanes of at least 4 members (excludes halogenated alkanes) is 3. The Morgan fingerprint density at radius 1 is 1.07 bits per heavy atom. The molecule has 1 saturated carbocycles. The predicted molar refractivity (Wildman–Crippen MR) is 124 cm³/mol. The minimum absolute atomic E-state index is 0.0385. The van der Waals surface area contributed by atoms with E-state index in [4.69, 9.17) is 9.47 Å². The van der Waals surface area contributed by atoms with Gasteiger partial charge < -0.3 is 14.6 Å². The fraction of sp³-hybridized carbons (Fsp3) is 0.808. The molecule has 4 nitrogen and oxygen atoms in total. The lowest BCUT2D eigenvalue weighted by molar-refractivity contribution is -0.147. The predicted octanol–water partition coefficient (Wildman–Crippen LogP) is 6.37. The van der Waals surface area contributed by atoms with E-state index in [1.807, 2.05) is 19.9 Å². The zero-order chi connectivity index (χ0) is 22.4. The van der Waals surface area contributed by atoms with Crippen molar-refractivity contribution in [3.8, 4) is 0 Å². The van der Waals surface area contributed by atoms with Gasteiger partial charge in [0, 0.05) is 6.42 Å². The SMILES string of the molecule is CCCCCC(O)C=CC1CCC(OC(C)C)C1CC=CCCCC(=O)OC(C)C. The van der Waals surface area contributed by atoms with Crippen molar-refractivity contribution in [1.82, 2.24) is 0 Å². The zero-order valence-electron chi connectivity index (χ0n) is 20.0. The number of esters is 1. The number of aliphatic hydroxyl groups is 1. The van der Waals surface area contributed by atoms with Gasteiger partial charge in [-0.2, -0.15) is 0 Å². The van der Waals surface area contributed by atoms with Crippen LogP contribution in [0.4, 0.5) is 0 Å². The van der Waals surface area contributed by atoms with Gasteiger partial charge in [-0.1, -0.05) is 50.5 Å². The first-order chi connectivity index (χ1) is 14.3. The van der Waals surface area contributed by atoms with E-state index in [-0.39, 0.29) is 30.4 Å². The van der Waals surface area contributed by atoms with Crippen LogP contribution >= 0.6 is 0 Å². The van der Waals surface area contributed by atoms with Crippen molar-refractivity contribution in [2.24, 2.45) is 11.8 Å². The van der Waals surface area contributed by atoms with Crippen LogP contribution in [0.1, 0.15) is 98.8 Å². The van der Waals surface area contributed by atoms with E-state index < -0.39 is 0 Å². The van der Waals surface area contributed by atoms with Crippen molar-refractivity contribution in [3.05, 3.63) is 24.3 Å². The van der Waals surface area contributed by atoms with Crippen LogP contribution in [0, 0.1) is 11.8 Å². The number of rotatable bonds is 15. The molecule has 1 fully saturated rings. The fourth-order valence-corrected chi connectivity index (χ4v) is 4.17. The highest BCUT2D eigenvalue weighted by Gasteiger charge is 2.35. The summed E-state index contributed by atoms with van der Waals surface area (Å²) in [5.74, 6) is 0.802. The highest BCUT2D eigenvalue weighted by Crippen LogP contribution is 2.38. The maximum atomic E-state index is 11.6. The van der Waals surface area contributed by atoms with Gasteiger partial charge in [0.25, 0.3) is 0 Å². The third-order valence-corrected chi connectivity index (χ3v) is 5.64. The third-order valence-electron chi connectivity index (χ3n) is 5.64. The van der Waals surface area contributed by atoms with E-state index in [0.717, 1.165) is 44.9 Å². The second-order valence-electron chi connectivity index (χ2n) is 9.21. The quantitative estimate of drug-likeness (QED) is 0.189. The van der Waals surface area contributed by atoms with Gasteiger partial charge in [-0.3, -0.25) is 4.79 Å². The van der Waals surface area contributed by atoms with Crippen molar-refractivity contribution in [2.75, 3.05) is 0 Å². The maximum absolute atomic E-state index is 11.6. The van der Waals surface area contributed by atoms with Crippen LogP contribution in [-0.4, -0.2) is 35.5 Å². The third kappa shape index (κ3) is 11.9. The van der Waals surface area contributed by atoms with E-state index >= 15 is 0 Å². The van der Waals surface area contributed by atoms with E-state index in [9.17, 15) is 9.90 Å². The Labute approximate surface area is 185 Å². The highest BCUT2D eigenvalue weighted by molar-refractivity contribution is 5.69. The van der Waals surface area contributed by atoms with Gasteiger partial charge in [-0.05, 0) is 78.1 Å². The summed E-state index contributed by atoms with van der Waals surface area (Å²) in [5, 5.41) is 10.2. The van der Waals surface area contributed by atoms with Crippen molar-refractivity contribution in [1.29, 1.82) is 0 Å². The standard InChI is InChI=1S/C26H46O4/c1-6-7-10-13-23(27)18-16-22-17-19-25(29-20(2)3)24(22)14-11-8-9-12-15-26(28)30-21(4)5/h8,11,16,18,20-25,27H,6-7,9-10,12-15,17,19H2,1-5H3. The highest BCUT2D eigenvalue weighted by atomic mass is 16.5. The summed E-state index contributed by atoms with van der Waals surface area (Å²) in [4.78, 5) is 11.6. The van der Waals surface area contributed by atoms with Gasteiger partial charge in [0.05, 0.1) is 24.4 Å². The first-order valence-corrected chi connectivity index (χ1v) is 12.2. The summed E-state index contributed by atoms with van der Waals surface area (Å²) in [6.07, 6.45) is 18.5. The molecule has 0 aliphatic heterocycles. The summed E-state index contributed by atoms with van der Waals surface area (Å²) in [7, 11) is 0. The molecule has 1 aliphatic carbocycles. The summed E-state index contributed by atoms with van der Waals surface area (Å²) < 4.78 is 11.4. The minimum atomic E-state index is -0.330. The number of aliphatic hydroxyl groups excluding tert-OH is 1. The van der Waals surface area contributed by atoms with Crippen LogP contribution in [0.25, 0.3) is 0 Å². The monoisotopic (exact) mass is 422 g/mol. The molecular formula is C26H46O4. The molecule has 4 heteroatoms. The largest absolute Gasteiger partial charge is 0.463 e. The average molecular weight is 423 g/mol. The van der Waals surface area contributed by atoms with Gasteiger partial charge in [0.15, 0.2) is 0 Å². The molecule has 0 spiro atoms. The molecule has 0 aromatic carbocycles. The van der Waals surface area contributed by atoms with Crippen LogP contribution in [-0.2, 0) is 14.3 Å². The Balaban J connectivity index is 2.50. The van der Waals surface area contributed by atoms with Crippen molar-refractivity contribution in [2.45, 2.75) is 123 Å². The number of carbonyl (C=O) groups is 1. The second kappa shape index (κ2) is 15.6. The maximum Gasteiger partial charge on any atom is 0.306 e. The molecule has 174 valence electrons. The normalized spacial score (nSPS) is 23.3. The summed E-state index contributed by atoms with van der Waals surface area (Å²) in [6.45, 7) is 10.1. The Morgan fingerprint density at radius 2 is 1.83 bits per heavy atom. The van der Waals surface area contributed by atoms with Crippen LogP contribution in [0.5, 0.6) is 0 Å². The molecule has 0 aromatic rings. The first-order valence-electron chi connectivity index (χ1n) is 12.2. The fourth-order valence-electron chi connectivity index (χ4n) is 4.17. The summed E-state index contributed by atoms with van der Waals surface area (Å²) in [5.41, 5.74) is 0. The number of hydrogen-bond donors (Lipinski definition) is 1. The van der Waals surface area contributed by atoms with Gasteiger partial charge in [-0.15, -0.1) is 0 Å². The number of hydrogen-bond acceptors (Lipinski definition) is 4. The second-order valence-corrected chi connectivity index (χ2v) is 9.21. The molecule has 1 aliphatic rings. The summed E-state index contributed by atoms with van der Waals surface area (Å²) in [6, 6.07) is 0. The molecule has 0 heterocycles. The molecule has 0 aromatic heterocycles. The van der Waals surface area contributed by atoms with E-state index in [2.05, 4.69) is 39.0 Å². The smallest absolute Gasteiger partial charge is 0.306 e. The topological polar surface area (TPSA) is 55.8 Å². The van der Waals surface area contributed by atoms with Gasteiger partial charge in [0.2, 0.25) is 0 Å². The van der Waals surface area contributed by atoms with E-state index in [1.54, 1.807) is 0 Å². The lowest BCUT2D eigenvalue weighted by Crippen LogP contribution is -2.24. The van der Waals surface area contributed by atoms with E-state index in [0.29, 0.717) is 18.3 Å². The molecule has 4 unspecified atom stereocenters. The van der Waals surface area contributed by atoms with Gasteiger partial charge in [0.1, 0.15) is 0 Å². The Kier molecular flexibility index (Phi) is 14.0. The molecule has 0 bridgehead atoms. The van der Waals surface area contributed by atoms with Gasteiger partial charge >= 0.3 is 5.97 Å². The molecule has 1 N–H and O–H groups in total. The van der Waals surface area contributed by atoms with Crippen molar-refractivity contribution in [3.63, 3.8) is 0 Å². The number of ether oxygens (including phenoxy) is 2. The number of carbonyl (C=O) groups excluding carboxylic acids is 1. The molecule has 0 amide bonds. The van der Waals surface area contributed by atoms with E-state index in [1.165, 1.54) is 12.8 Å². The summed E-state index contributed by atoms with van der Waals surface area (Å²) >= 11 is 0. The van der Waals surface area contributed by atoms with Crippen molar-refractivity contribution >= 4 is 5.97 Å². The minimum Gasteiger partial charge on any atom is -0.463 e. The molecule has 0 radical (unpaired) electrons. The lowest BCUT2D eigenvalue weighted by Gasteiger charge is -2.24. The van der Waals surface area contributed by atoms with Crippen molar-refractivity contribution < 1.29 is 19.4 Å². The van der Waals surface area contributed by atoms with Crippen LogP contribution in [0.15, 0.2) is 24.3 Å². The van der Waals surface area contributed by atoms with Gasteiger partial charge in [-0.25, -0.2) is 0 Å². The first kappa shape index (κ1) is 26.9. The molecule has 1 rings (SSSR count). The molecular weight excluding hydrogens is 376 g/mol. The van der Waals surface area contributed by atoms with Crippen LogP contribution in [0.3, 0.4) is 0 Å². The Bertz CT molecular complexity index is 509. The van der Waals surface area contributed by atoms with Crippen LogP contribution in [0.2, 0.25) is 0 Å². The molecule has 0 saturated heterocycles. The zero-order valence-corrected chi connectivity index (χ0v) is 20.0. The molecule has 30 heavy (non-hydrogen) atoms. The Hall–Kier alpha value is -1.13.